The molecule has 2 heterocycles. The lowest BCUT2D eigenvalue weighted by Gasteiger charge is -2.32. The van der Waals surface area contributed by atoms with Crippen molar-refractivity contribution in [3.63, 3.8) is 0 Å². The fraction of sp³-hybridized carbons (Fsp3) is 0.500. The molecular weight excluding hydrogens is 208 g/mol. The van der Waals surface area contributed by atoms with Crippen molar-refractivity contribution < 1.29 is 9.90 Å². The summed E-state index contributed by atoms with van der Waals surface area (Å²) in [6.07, 6.45) is 0. The van der Waals surface area contributed by atoms with Gasteiger partial charge in [-0.2, -0.15) is 0 Å². The van der Waals surface area contributed by atoms with Gasteiger partial charge in [-0.3, -0.25) is 0 Å². The highest BCUT2D eigenvalue weighted by molar-refractivity contribution is 5.83. The zero-order valence-corrected chi connectivity index (χ0v) is 9.09. The van der Waals surface area contributed by atoms with Crippen molar-refractivity contribution in [1.29, 1.82) is 0 Å². The lowest BCUT2D eigenvalue weighted by Crippen LogP contribution is -2.44. The number of aromatic carboxylic acids is 1. The number of carboxylic acids is 1. The number of hydrogen-bond acceptors (Lipinski definition) is 6. The van der Waals surface area contributed by atoms with E-state index < -0.39 is 5.97 Å². The summed E-state index contributed by atoms with van der Waals surface area (Å²) in [7, 11) is 2.07. The Morgan fingerprint density at radius 2 is 1.94 bits per heavy atom. The first-order chi connectivity index (χ1) is 7.66. The maximum absolute atomic E-state index is 10.5. The number of piperazine rings is 1. The fourth-order valence-electron chi connectivity index (χ4n) is 1.64. The molecule has 0 aromatic carbocycles. The van der Waals surface area contributed by atoms with Crippen molar-refractivity contribution in [3.05, 3.63) is 17.8 Å². The molecule has 1 aromatic heterocycles. The molecule has 0 N–H and O–H groups in total. The number of likely N-dealkylation sites (N-methyl/N-ethyl adjacent to an activating group) is 1. The lowest BCUT2D eigenvalue weighted by atomic mass is 10.3. The Bertz CT molecular complexity index is 371. The Labute approximate surface area is 93.5 Å². The Balaban J connectivity index is 2.07. The van der Waals surface area contributed by atoms with E-state index in [0.717, 1.165) is 32.0 Å². The summed E-state index contributed by atoms with van der Waals surface area (Å²) in [6.45, 7) is 3.72. The van der Waals surface area contributed by atoms with Crippen LogP contribution in [0.4, 0.5) is 5.82 Å². The second kappa shape index (κ2) is 4.44. The highest BCUT2D eigenvalue weighted by atomic mass is 16.4. The van der Waals surface area contributed by atoms with Crippen LogP contribution >= 0.6 is 0 Å². The standard InChI is InChI=1S/C10H14N4O2/c1-13-4-6-14(7-5-13)9-3-2-8(10(15)16)11-12-9/h2-3H,4-7H2,1H3,(H,15,16)/p-1. The molecule has 0 aliphatic carbocycles. The van der Waals surface area contributed by atoms with Gasteiger partial charge in [0.2, 0.25) is 0 Å². The average Bonchev–Trinajstić information content (AvgIpc) is 2.30. The van der Waals surface area contributed by atoms with Gasteiger partial charge >= 0.3 is 0 Å². The van der Waals surface area contributed by atoms with Crippen LogP contribution in [0.15, 0.2) is 12.1 Å². The molecule has 1 aromatic rings. The van der Waals surface area contributed by atoms with Crippen LogP contribution in [0.2, 0.25) is 0 Å². The van der Waals surface area contributed by atoms with Crippen molar-refractivity contribution >= 4 is 11.8 Å². The summed E-state index contributed by atoms with van der Waals surface area (Å²) in [4.78, 5) is 14.8. The van der Waals surface area contributed by atoms with Gasteiger partial charge in [-0.1, -0.05) is 0 Å². The average molecular weight is 221 g/mol. The molecule has 1 saturated heterocycles. The number of carbonyl (C=O) groups is 1. The molecule has 86 valence electrons. The predicted molar refractivity (Wildman–Crippen MR) is 56.1 cm³/mol. The monoisotopic (exact) mass is 221 g/mol. The minimum atomic E-state index is -1.29. The molecule has 0 amide bonds. The van der Waals surface area contributed by atoms with Gasteiger partial charge in [-0.05, 0) is 19.2 Å². The number of hydrogen-bond donors (Lipinski definition) is 0. The molecule has 0 bridgehead atoms. The van der Waals surface area contributed by atoms with E-state index >= 15 is 0 Å². The predicted octanol–water partition coefficient (Wildman–Crippen LogP) is -1.41. The molecule has 2 rings (SSSR count). The Morgan fingerprint density at radius 1 is 1.25 bits per heavy atom. The van der Waals surface area contributed by atoms with E-state index in [-0.39, 0.29) is 5.69 Å². The summed E-state index contributed by atoms with van der Waals surface area (Å²) >= 11 is 0. The summed E-state index contributed by atoms with van der Waals surface area (Å²) < 4.78 is 0. The normalized spacial score (nSPS) is 17.4. The molecule has 6 heteroatoms. The van der Waals surface area contributed by atoms with E-state index in [9.17, 15) is 9.90 Å². The molecular formula is C10H13N4O2-. The number of rotatable bonds is 2. The first-order valence-corrected chi connectivity index (χ1v) is 5.15. The van der Waals surface area contributed by atoms with Gasteiger partial charge in [0.05, 0.1) is 5.97 Å². The van der Waals surface area contributed by atoms with Gasteiger partial charge < -0.3 is 19.7 Å². The second-order valence-electron chi connectivity index (χ2n) is 3.85. The molecule has 1 aliphatic rings. The largest absolute Gasteiger partial charge is 0.543 e. The summed E-state index contributed by atoms with van der Waals surface area (Å²) in [5.74, 6) is -0.574. The lowest BCUT2D eigenvalue weighted by molar-refractivity contribution is -0.255. The fourth-order valence-corrected chi connectivity index (χ4v) is 1.64. The molecule has 0 unspecified atom stereocenters. The van der Waals surface area contributed by atoms with Gasteiger partial charge in [-0.25, -0.2) is 0 Å². The first-order valence-electron chi connectivity index (χ1n) is 5.15. The second-order valence-corrected chi connectivity index (χ2v) is 3.85. The summed E-state index contributed by atoms with van der Waals surface area (Å²) in [5.41, 5.74) is -0.127. The van der Waals surface area contributed by atoms with Crippen LogP contribution in [0.5, 0.6) is 0 Å². The minimum absolute atomic E-state index is 0.127. The highest BCUT2D eigenvalue weighted by Gasteiger charge is 2.15. The molecule has 0 spiro atoms. The third kappa shape index (κ3) is 2.27. The topological polar surface area (TPSA) is 72.4 Å². The van der Waals surface area contributed by atoms with Crippen LogP contribution in [-0.4, -0.2) is 54.3 Å². The van der Waals surface area contributed by atoms with Gasteiger partial charge in [0.1, 0.15) is 5.69 Å². The summed E-state index contributed by atoms with van der Waals surface area (Å²) in [6, 6.07) is 3.10. The van der Waals surface area contributed by atoms with Gasteiger partial charge in [-0.15, -0.1) is 10.2 Å². The number of aromatic nitrogens is 2. The highest BCUT2D eigenvalue weighted by Crippen LogP contribution is 2.11. The van der Waals surface area contributed by atoms with Crippen LogP contribution in [0.25, 0.3) is 0 Å². The molecule has 6 nitrogen and oxygen atoms in total. The third-order valence-electron chi connectivity index (χ3n) is 2.69. The van der Waals surface area contributed by atoms with Crippen molar-refractivity contribution in [3.8, 4) is 0 Å². The Morgan fingerprint density at radius 3 is 2.44 bits per heavy atom. The molecule has 0 saturated carbocycles. The van der Waals surface area contributed by atoms with Crippen molar-refractivity contribution in [2.24, 2.45) is 0 Å². The number of carboxylic acid groups (broad SMARTS) is 1. The van der Waals surface area contributed by atoms with Crippen LogP contribution in [0, 0.1) is 0 Å². The van der Waals surface area contributed by atoms with E-state index in [1.807, 2.05) is 0 Å². The number of nitrogens with zero attached hydrogens (tertiary/aromatic N) is 4. The van der Waals surface area contributed by atoms with Crippen molar-refractivity contribution in [1.82, 2.24) is 15.1 Å². The molecule has 16 heavy (non-hydrogen) atoms. The smallest absolute Gasteiger partial charge is 0.151 e. The van der Waals surface area contributed by atoms with Gasteiger partial charge in [0, 0.05) is 26.2 Å². The number of anilines is 1. The molecule has 1 fully saturated rings. The zero-order valence-electron chi connectivity index (χ0n) is 9.09. The van der Waals surface area contributed by atoms with Crippen molar-refractivity contribution in [2.45, 2.75) is 0 Å². The minimum Gasteiger partial charge on any atom is -0.543 e. The molecule has 0 atom stereocenters. The number of carbonyl (C=O) groups excluding carboxylic acids is 1. The van der Waals surface area contributed by atoms with Gasteiger partial charge in [0.25, 0.3) is 0 Å². The molecule has 0 radical (unpaired) electrons. The molecule has 1 aliphatic heterocycles. The first kappa shape index (κ1) is 10.8. The maximum Gasteiger partial charge on any atom is 0.151 e. The van der Waals surface area contributed by atoms with Crippen LogP contribution in [0.1, 0.15) is 10.5 Å². The zero-order chi connectivity index (χ0) is 11.5. The van der Waals surface area contributed by atoms with E-state index in [0.29, 0.717) is 0 Å². The SMILES string of the molecule is CN1CCN(c2ccc(C(=O)[O-])nn2)CC1. The maximum atomic E-state index is 10.5. The van der Waals surface area contributed by atoms with Crippen LogP contribution in [0.3, 0.4) is 0 Å². The third-order valence-corrected chi connectivity index (χ3v) is 2.69. The van der Waals surface area contributed by atoms with Crippen LogP contribution < -0.4 is 10.0 Å². The van der Waals surface area contributed by atoms with Gasteiger partial charge in [0.15, 0.2) is 5.82 Å². The summed E-state index contributed by atoms with van der Waals surface area (Å²) in [5, 5.41) is 18.0. The van der Waals surface area contributed by atoms with Crippen molar-refractivity contribution in [2.75, 3.05) is 38.1 Å². The van der Waals surface area contributed by atoms with E-state index in [1.54, 1.807) is 6.07 Å². The van der Waals surface area contributed by atoms with E-state index in [4.69, 9.17) is 0 Å². The van der Waals surface area contributed by atoms with E-state index in [1.165, 1.54) is 6.07 Å². The Kier molecular flexibility index (Phi) is 3.00. The van der Waals surface area contributed by atoms with E-state index in [2.05, 4.69) is 27.0 Å². The Hall–Kier alpha value is -1.69. The van der Waals surface area contributed by atoms with Crippen LogP contribution in [-0.2, 0) is 0 Å². The quantitative estimate of drug-likeness (QED) is 0.611.